The first kappa shape index (κ1) is 20.8. The smallest absolute Gasteiger partial charge is 0.282 e. The summed E-state index contributed by atoms with van der Waals surface area (Å²) < 4.78 is 5.47. The number of hydrazine groups is 1. The van der Waals surface area contributed by atoms with Crippen molar-refractivity contribution in [3.63, 3.8) is 0 Å². The molecule has 0 unspecified atom stereocenters. The molecule has 10 heteroatoms. The van der Waals surface area contributed by atoms with E-state index in [2.05, 4.69) is 16.2 Å². The second-order valence-electron chi connectivity index (χ2n) is 5.51. The summed E-state index contributed by atoms with van der Waals surface area (Å²) in [4.78, 5) is 34.7. The first-order valence-corrected chi connectivity index (χ1v) is 8.71. The number of nitrogens with zero attached hydrogens (tertiary/aromatic N) is 1. The molecule has 0 fully saturated rings. The molecular weight excluding hydrogens is 384 g/mol. The van der Waals surface area contributed by atoms with Crippen molar-refractivity contribution < 1.29 is 19.2 Å². The zero-order valence-corrected chi connectivity index (χ0v) is 15.7. The highest BCUT2D eigenvalue weighted by Crippen LogP contribution is 2.17. The number of amides is 2. The summed E-state index contributed by atoms with van der Waals surface area (Å²) in [6.07, 6.45) is 0.837. The molecular formula is C18H18N4O5S. The number of nitro groups is 1. The summed E-state index contributed by atoms with van der Waals surface area (Å²) in [7, 11) is 0. The Morgan fingerprint density at radius 1 is 1.11 bits per heavy atom. The second-order valence-corrected chi connectivity index (χ2v) is 5.92. The first-order chi connectivity index (χ1) is 13.4. The highest BCUT2D eigenvalue weighted by molar-refractivity contribution is 7.80. The van der Waals surface area contributed by atoms with Gasteiger partial charge < -0.3 is 4.74 Å². The van der Waals surface area contributed by atoms with Crippen LogP contribution in [-0.4, -0.2) is 28.5 Å². The Balaban J connectivity index is 1.93. The lowest BCUT2D eigenvalue weighted by Gasteiger charge is -2.11. The van der Waals surface area contributed by atoms with Gasteiger partial charge in [-0.25, -0.2) is 0 Å². The number of rotatable bonds is 6. The Kier molecular flexibility index (Phi) is 7.40. The van der Waals surface area contributed by atoms with Crippen LogP contribution in [0.15, 0.2) is 48.5 Å². The first-order valence-electron chi connectivity index (χ1n) is 8.30. The minimum absolute atomic E-state index is 0.144. The maximum Gasteiger partial charge on any atom is 0.282 e. The Hall–Kier alpha value is -3.53. The molecule has 0 aliphatic carbocycles. The summed E-state index contributed by atoms with van der Waals surface area (Å²) in [5.41, 5.74) is 4.39. The van der Waals surface area contributed by atoms with E-state index in [9.17, 15) is 19.7 Å². The fourth-order valence-corrected chi connectivity index (χ4v) is 2.30. The van der Waals surface area contributed by atoms with Crippen LogP contribution in [-0.2, 0) is 0 Å². The van der Waals surface area contributed by atoms with Gasteiger partial charge in [0.15, 0.2) is 5.11 Å². The third kappa shape index (κ3) is 5.74. The number of hydrogen-bond donors (Lipinski definition) is 3. The van der Waals surface area contributed by atoms with Gasteiger partial charge in [-0.3, -0.25) is 35.9 Å². The molecule has 2 aromatic rings. The summed E-state index contributed by atoms with van der Waals surface area (Å²) in [6.45, 7) is 2.50. The van der Waals surface area contributed by atoms with Gasteiger partial charge in [-0.1, -0.05) is 25.1 Å². The third-order valence-electron chi connectivity index (χ3n) is 3.43. The summed E-state index contributed by atoms with van der Waals surface area (Å²) in [5, 5.41) is 13.2. The Labute approximate surface area is 166 Å². The lowest BCUT2D eigenvalue weighted by atomic mass is 10.2. The molecule has 0 atom stereocenters. The molecule has 2 aromatic carbocycles. The molecule has 28 heavy (non-hydrogen) atoms. The zero-order chi connectivity index (χ0) is 20.5. The van der Waals surface area contributed by atoms with E-state index in [4.69, 9.17) is 17.0 Å². The number of thiocarbonyl (C=S) groups is 1. The monoisotopic (exact) mass is 402 g/mol. The molecule has 0 bridgehead atoms. The van der Waals surface area contributed by atoms with E-state index in [1.165, 1.54) is 24.3 Å². The molecule has 0 saturated carbocycles. The van der Waals surface area contributed by atoms with Gasteiger partial charge in [-0.05, 0) is 42.9 Å². The molecule has 0 radical (unpaired) electrons. The van der Waals surface area contributed by atoms with E-state index < -0.39 is 16.7 Å². The normalized spacial score (nSPS) is 9.89. The van der Waals surface area contributed by atoms with Gasteiger partial charge in [0.1, 0.15) is 11.3 Å². The van der Waals surface area contributed by atoms with E-state index >= 15 is 0 Å². The molecule has 146 valence electrons. The maximum absolute atomic E-state index is 12.2. The standard InChI is InChI=1S/C18H18N4O5S/c1-2-10-27-13-7-5-6-12(11-13)16(23)19-18(28)21-20-17(24)14-8-3-4-9-15(14)22(25)26/h3-9,11H,2,10H2,1H3,(H,20,24)(H2,19,21,23,28). The van der Waals surface area contributed by atoms with E-state index in [1.54, 1.807) is 24.3 Å². The molecule has 2 amide bonds. The molecule has 9 nitrogen and oxygen atoms in total. The fourth-order valence-electron chi connectivity index (χ4n) is 2.16. The van der Waals surface area contributed by atoms with Gasteiger partial charge in [0.25, 0.3) is 17.5 Å². The van der Waals surface area contributed by atoms with Crippen LogP contribution in [0.1, 0.15) is 34.1 Å². The van der Waals surface area contributed by atoms with Crippen molar-refractivity contribution in [2.45, 2.75) is 13.3 Å². The second kappa shape index (κ2) is 9.97. The highest BCUT2D eigenvalue weighted by atomic mass is 32.1. The van der Waals surface area contributed by atoms with E-state index in [-0.39, 0.29) is 16.4 Å². The number of carbonyl (C=O) groups excluding carboxylic acids is 2. The highest BCUT2D eigenvalue weighted by Gasteiger charge is 2.19. The number of carbonyl (C=O) groups is 2. The molecule has 0 aromatic heterocycles. The van der Waals surface area contributed by atoms with Crippen molar-refractivity contribution >= 4 is 34.8 Å². The third-order valence-corrected chi connectivity index (χ3v) is 3.64. The van der Waals surface area contributed by atoms with Crippen LogP contribution in [0.5, 0.6) is 5.75 Å². The fraction of sp³-hybridized carbons (Fsp3) is 0.167. The van der Waals surface area contributed by atoms with Crippen molar-refractivity contribution in [1.82, 2.24) is 16.2 Å². The van der Waals surface area contributed by atoms with Gasteiger partial charge in [-0.15, -0.1) is 0 Å². The Morgan fingerprint density at radius 2 is 1.86 bits per heavy atom. The number of nitro benzene ring substituents is 1. The van der Waals surface area contributed by atoms with Gasteiger partial charge in [-0.2, -0.15) is 0 Å². The topological polar surface area (TPSA) is 123 Å². The lowest BCUT2D eigenvalue weighted by Crippen LogP contribution is -2.48. The molecule has 0 aliphatic rings. The van der Waals surface area contributed by atoms with Gasteiger partial charge >= 0.3 is 0 Å². The predicted molar refractivity (Wildman–Crippen MR) is 106 cm³/mol. The molecule has 2 rings (SSSR count). The van der Waals surface area contributed by atoms with Crippen LogP contribution in [0.3, 0.4) is 0 Å². The van der Waals surface area contributed by atoms with Gasteiger partial charge in [0.05, 0.1) is 11.5 Å². The number of para-hydroxylation sites is 1. The van der Waals surface area contributed by atoms with Crippen molar-refractivity contribution in [3.05, 3.63) is 69.8 Å². The number of hydrogen-bond acceptors (Lipinski definition) is 6. The average Bonchev–Trinajstić information content (AvgIpc) is 2.70. The quantitative estimate of drug-likeness (QED) is 0.385. The van der Waals surface area contributed by atoms with Gasteiger partial charge in [0, 0.05) is 11.6 Å². The van der Waals surface area contributed by atoms with Crippen molar-refractivity contribution in [2.75, 3.05) is 6.61 Å². The molecule has 0 spiro atoms. The van der Waals surface area contributed by atoms with Crippen LogP contribution >= 0.6 is 12.2 Å². The minimum atomic E-state index is -0.765. The SMILES string of the molecule is CCCOc1cccc(C(=O)NC(=S)NNC(=O)c2ccccc2[N+](=O)[O-])c1. The number of benzene rings is 2. The van der Waals surface area contributed by atoms with Crippen molar-refractivity contribution in [1.29, 1.82) is 0 Å². The lowest BCUT2D eigenvalue weighted by molar-refractivity contribution is -0.385. The number of ether oxygens (including phenoxy) is 1. The van der Waals surface area contributed by atoms with E-state index in [1.807, 2.05) is 6.92 Å². The molecule has 3 N–H and O–H groups in total. The Morgan fingerprint density at radius 3 is 2.57 bits per heavy atom. The van der Waals surface area contributed by atoms with Gasteiger partial charge in [0.2, 0.25) is 0 Å². The molecule has 0 heterocycles. The van der Waals surface area contributed by atoms with Crippen LogP contribution in [0.4, 0.5) is 5.69 Å². The summed E-state index contributed by atoms with van der Waals surface area (Å²) in [5.74, 6) is -0.712. The Bertz CT molecular complexity index is 903. The van der Waals surface area contributed by atoms with E-state index in [0.717, 1.165) is 6.42 Å². The predicted octanol–water partition coefficient (Wildman–Crippen LogP) is 2.33. The number of nitrogens with one attached hydrogen (secondary N) is 3. The molecule has 0 aliphatic heterocycles. The zero-order valence-electron chi connectivity index (χ0n) is 14.9. The average molecular weight is 402 g/mol. The summed E-state index contributed by atoms with van der Waals surface area (Å²) >= 11 is 4.96. The van der Waals surface area contributed by atoms with Crippen molar-refractivity contribution in [2.24, 2.45) is 0 Å². The largest absolute Gasteiger partial charge is 0.494 e. The van der Waals surface area contributed by atoms with Crippen LogP contribution in [0.2, 0.25) is 0 Å². The van der Waals surface area contributed by atoms with Crippen LogP contribution in [0, 0.1) is 10.1 Å². The maximum atomic E-state index is 12.2. The van der Waals surface area contributed by atoms with Crippen LogP contribution in [0.25, 0.3) is 0 Å². The summed E-state index contributed by atoms with van der Waals surface area (Å²) in [6, 6.07) is 12.0. The van der Waals surface area contributed by atoms with Crippen LogP contribution < -0.4 is 20.9 Å². The van der Waals surface area contributed by atoms with Crippen molar-refractivity contribution in [3.8, 4) is 5.75 Å². The molecule has 0 saturated heterocycles. The minimum Gasteiger partial charge on any atom is -0.494 e. The van der Waals surface area contributed by atoms with E-state index in [0.29, 0.717) is 17.9 Å².